The largest absolute Gasteiger partial charge is 0.482 e. The van der Waals surface area contributed by atoms with Crippen LogP contribution in [0, 0.1) is 5.82 Å². The van der Waals surface area contributed by atoms with Gasteiger partial charge in [-0.2, -0.15) is 0 Å². The first-order chi connectivity index (χ1) is 9.72. The van der Waals surface area contributed by atoms with Crippen LogP contribution in [0.25, 0.3) is 0 Å². The van der Waals surface area contributed by atoms with Gasteiger partial charge in [0, 0.05) is 12.1 Å². The number of rotatable bonds is 5. The summed E-state index contributed by atoms with van der Waals surface area (Å²) >= 11 is 3.15. The number of halogens is 2. The molecule has 0 aliphatic rings. The van der Waals surface area contributed by atoms with Crippen LogP contribution in [0.3, 0.4) is 0 Å². The van der Waals surface area contributed by atoms with E-state index >= 15 is 0 Å². The van der Waals surface area contributed by atoms with Crippen molar-refractivity contribution in [3.05, 3.63) is 65.5 Å². The predicted octanol–water partition coefficient (Wildman–Crippen LogP) is 3.49. The highest BCUT2D eigenvalue weighted by molar-refractivity contribution is 9.09. The van der Waals surface area contributed by atoms with Crippen molar-refractivity contribution in [3.8, 4) is 5.75 Å². The molecule has 104 valence electrons. The smallest absolute Gasteiger partial charge is 0.255 e. The fourth-order valence-corrected chi connectivity index (χ4v) is 2.00. The van der Waals surface area contributed by atoms with Gasteiger partial charge in [-0.05, 0) is 34.1 Å². The van der Waals surface area contributed by atoms with Crippen LogP contribution in [0.15, 0.2) is 48.5 Å². The molecule has 0 radical (unpaired) electrons. The van der Waals surface area contributed by atoms with E-state index in [-0.39, 0.29) is 18.3 Å². The predicted molar refractivity (Wildman–Crippen MR) is 78.4 cm³/mol. The molecule has 3 nitrogen and oxygen atoms in total. The summed E-state index contributed by atoms with van der Waals surface area (Å²) in [5.41, 5.74) is 1.16. The van der Waals surface area contributed by atoms with Crippen LogP contribution in [0.1, 0.15) is 15.9 Å². The third-order valence-electron chi connectivity index (χ3n) is 2.74. The Bertz CT molecular complexity index is 604. The molecule has 0 saturated carbocycles. The molecule has 0 aliphatic carbocycles. The Morgan fingerprint density at radius 1 is 1.15 bits per heavy atom. The summed E-state index contributed by atoms with van der Waals surface area (Å²) in [5, 5.41) is 2.68. The van der Waals surface area contributed by atoms with Gasteiger partial charge in [0.1, 0.15) is 17.1 Å². The molecule has 2 aromatic carbocycles. The minimum Gasteiger partial charge on any atom is -0.482 e. The topological polar surface area (TPSA) is 38.3 Å². The number of alkyl halides is 1. The summed E-state index contributed by atoms with van der Waals surface area (Å²) in [6.45, 7) is 0.133. The number of ether oxygens (including phenoxy) is 1. The minimum atomic E-state index is -0.335. The van der Waals surface area contributed by atoms with Gasteiger partial charge >= 0.3 is 0 Å². The summed E-state index contributed by atoms with van der Waals surface area (Å²) < 4.78 is 18.8. The van der Waals surface area contributed by atoms with E-state index in [1.807, 2.05) is 0 Å². The molecule has 20 heavy (non-hydrogen) atoms. The van der Waals surface area contributed by atoms with Gasteiger partial charge in [0.15, 0.2) is 0 Å². The van der Waals surface area contributed by atoms with Crippen molar-refractivity contribution in [2.45, 2.75) is 6.54 Å². The first-order valence-electron chi connectivity index (χ1n) is 6.01. The second-order valence-electron chi connectivity index (χ2n) is 4.02. The average molecular weight is 338 g/mol. The molecule has 0 aromatic heterocycles. The number of amides is 1. The molecule has 1 amide bonds. The zero-order valence-corrected chi connectivity index (χ0v) is 12.2. The molecule has 2 aromatic rings. The van der Waals surface area contributed by atoms with Crippen molar-refractivity contribution in [3.63, 3.8) is 0 Å². The number of carbonyl (C=O) groups excluding carboxylic acids is 1. The summed E-state index contributed by atoms with van der Waals surface area (Å²) in [6, 6.07) is 13.2. The minimum absolute atomic E-state index is 0.133. The van der Waals surface area contributed by atoms with E-state index in [1.165, 1.54) is 6.07 Å². The highest BCUT2D eigenvalue weighted by Gasteiger charge is 2.12. The lowest BCUT2D eigenvalue weighted by Gasteiger charge is -2.10. The maximum atomic E-state index is 13.5. The molecule has 0 fully saturated rings. The lowest BCUT2D eigenvalue weighted by Crippen LogP contribution is -2.23. The van der Waals surface area contributed by atoms with Crippen LogP contribution in [0.5, 0.6) is 5.75 Å². The van der Waals surface area contributed by atoms with Gasteiger partial charge in [0.2, 0.25) is 0 Å². The summed E-state index contributed by atoms with van der Waals surface area (Å²) in [4.78, 5) is 12.1. The molecular formula is C15H13BrFNO2. The van der Waals surface area contributed by atoms with E-state index in [9.17, 15) is 9.18 Å². The highest BCUT2D eigenvalue weighted by Crippen LogP contribution is 2.18. The Morgan fingerprint density at radius 3 is 2.60 bits per heavy atom. The molecule has 0 unspecified atom stereocenters. The van der Waals surface area contributed by atoms with Gasteiger partial charge in [-0.15, -0.1) is 0 Å². The standard InChI is InChI=1S/C15H13BrFNO2/c16-10-20-14-8-4-2-6-12(14)15(19)18-9-11-5-1-3-7-13(11)17/h1-8H,9-10H2,(H,18,19). The lowest BCUT2D eigenvalue weighted by molar-refractivity contribution is 0.0947. The van der Waals surface area contributed by atoms with E-state index < -0.39 is 0 Å². The molecule has 1 N–H and O–H groups in total. The summed E-state index contributed by atoms with van der Waals surface area (Å²) in [6.07, 6.45) is 0. The normalized spacial score (nSPS) is 10.1. The van der Waals surface area contributed by atoms with Crippen molar-refractivity contribution in [1.82, 2.24) is 5.32 Å². The molecule has 2 rings (SSSR count). The Hall–Kier alpha value is -1.88. The molecule has 0 saturated heterocycles. The Balaban J connectivity index is 2.07. The summed E-state index contributed by atoms with van der Waals surface area (Å²) in [7, 11) is 0. The summed E-state index contributed by atoms with van der Waals surface area (Å²) in [5.74, 6) is -0.155. The van der Waals surface area contributed by atoms with E-state index in [1.54, 1.807) is 42.5 Å². The molecule has 0 heterocycles. The quantitative estimate of drug-likeness (QED) is 0.848. The van der Waals surface area contributed by atoms with E-state index in [4.69, 9.17) is 4.74 Å². The van der Waals surface area contributed by atoms with Crippen LogP contribution in [0.2, 0.25) is 0 Å². The highest BCUT2D eigenvalue weighted by atomic mass is 79.9. The van der Waals surface area contributed by atoms with Crippen LogP contribution < -0.4 is 10.1 Å². The van der Waals surface area contributed by atoms with Gasteiger partial charge < -0.3 is 10.1 Å². The van der Waals surface area contributed by atoms with Crippen LogP contribution in [0.4, 0.5) is 4.39 Å². The molecule has 5 heteroatoms. The molecule has 0 atom stereocenters. The van der Waals surface area contributed by atoms with Crippen LogP contribution in [-0.2, 0) is 6.54 Å². The Labute approximate surface area is 124 Å². The molecule has 0 bridgehead atoms. The van der Waals surface area contributed by atoms with Crippen LogP contribution in [-0.4, -0.2) is 11.4 Å². The second-order valence-corrected chi connectivity index (χ2v) is 4.48. The van der Waals surface area contributed by atoms with Gasteiger partial charge in [-0.25, -0.2) is 4.39 Å². The molecule has 0 aliphatic heterocycles. The SMILES string of the molecule is O=C(NCc1ccccc1F)c1ccccc1OCBr. The maximum Gasteiger partial charge on any atom is 0.255 e. The lowest BCUT2D eigenvalue weighted by atomic mass is 10.1. The molecular weight excluding hydrogens is 325 g/mol. The number of benzene rings is 2. The van der Waals surface area contributed by atoms with E-state index in [0.717, 1.165) is 0 Å². The van der Waals surface area contributed by atoms with Crippen molar-refractivity contribution < 1.29 is 13.9 Å². The van der Waals surface area contributed by atoms with Gasteiger partial charge in [-0.3, -0.25) is 4.79 Å². The zero-order chi connectivity index (χ0) is 14.4. The number of para-hydroxylation sites is 1. The number of hydrogen-bond acceptors (Lipinski definition) is 2. The van der Waals surface area contributed by atoms with Gasteiger partial charge in [-0.1, -0.05) is 30.3 Å². The number of carbonyl (C=O) groups is 1. The third kappa shape index (κ3) is 3.57. The van der Waals surface area contributed by atoms with Crippen molar-refractivity contribution in [2.75, 3.05) is 5.52 Å². The zero-order valence-electron chi connectivity index (χ0n) is 10.6. The number of hydrogen-bond donors (Lipinski definition) is 1. The monoisotopic (exact) mass is 337 g/mol. The first-order valence-corrected chi connectivity index (χ1v) is 7.14. The Kier molecular flexibility index (Phi) is 5.12. The maximum absolute atomic E-state index is 13.5. The van der Waals surface area contributed by atoms with E-state index in [0.29, 0.717) is 22.4 Å². The molecule has 0 spiro atoms. The van der Waals surface area contributed by atoms with Gasteiger partial charge in [0.05, 0.1) is 5.56 Å². The third-order valence-corrected chi connectivity index (χ3v) is 2.97. The number of nitrogens with one attached hydrogen (secondary N) is 1. The van der Waals surface area contributed by atoms with Crippen molar-refractivity contribution in [1.29, 1.82) is 0 Å². The van der Waals surface area contributed by atoms with Crippen molar-refractivity contribution in [2.24, 2.45) is 0 Å². The fraction of sp³-hybridized carbons (Fsp3) is 0.133. The fourth-order valence-electron chi connectivity index (χ4n) is 1.75. The van der Waals surface area contributed by atoms with E-state index in [2.05, 4.69) is 21.2 Å². The average Bonchev–Trinajstić information content (AvgIpc) is 2.47. The van der Waals surface area contributed by atoms with Gasteiger partial charge in [0.25, 0.3) is 5.91 Å². The Morgan fingerprint density at radius 2 is 1.85 bits per heavy atom. The second kappa shape index (κ2) is 7.05. The van der Waals surface area contributed by atoms with Crippen molar-refractivity contribution >= 4 is 21.8 Å². The first kappa shape index (κ1) is 14.5. The van der Waals surface area contributed by atoms with Crippen LogP contribution >= 0.6 is 15.9 Å².